The molecule has 2 heterocycles. The molecule has 1 aliphatic rings. The highest BCUT2D eigenvalue weighted by Crippen LogP contribution is 2.52. The van der Waals surface area contributed by atoms with Crippen LogP contribution in [-0.4, -0.2) is 9.97 Å². The number of rotatable bonds is 11. The lowest BCUT2D eigenvalue weighted by atomic mass is 9.81. The van der Waals surface area contributed by atoms with Gasteiger partial charge in [0.2, 0.25) is 11.8 Å². The predicted octanol–water partition coefficient (Wildman–Crippen LogP) is 20.8. The van der Waals surface area contributed by atoms with Crippen molar-refractivity contribution in [3.05, 3.63) is 276 Å². The monoisotopic (exact) mass is 1050 g/mol. The second-order valence-electron chi connectivity index (χ2n) is 22.2. The lowest BCUT2D eigenvalue weighted by Gasteiger charge is -2.28. The molecule has 0 unspecified atom stereocenters. The van der Waals surface area contributed by atoms with Gasteiger partial charge in [-0.25, -0.2) is 9.97 Å². The van der Waals surface area contributed by atoms with Crippen LogP contribution in [0, 0.1) is 27.7 Å². The lowest BCUT2D eigenvalue weighted by Crippen LogP contribution is -2.16. The van der Waals surface area contributed by atoms with Gasteiger partial charge in [0.15, 0.2) is 11.2 Å². The van der Waals surface area contributed by atoms with E-state index in [0.717, 1.165) is 84.1 Å². The van der Waals surface area contributed by atoms with E-state index in [-0.39, 0.29) is 5.41 Å². The molecule has 11 aromatic carbocycles. The predicted molar refractivity (Wildman–Crippen MR) is 335 cm³/mol. The third-order valence-electron chi connectivity index (χ3n) is 16.2. The zero-order valence-electron chi connectivity index (χ0n) is 46.2. The van der Waals surface area contributed by atoms with Gasteiger partial charge in [-0.15, -0.1) is 0 Å². The number of oxazole rings is 2. The molecule has 0 spiro atoms. The van der Waals surface area contributed by atoms with Gasteiger partial charge in [-0.2, -0.15) is 0 Å². The first-order valence-electron chi connectivity index (χ1n) is 27.8. The molecule has 6 heteroatoms. The second kappa shape index (κ2) is 19.7. The number of benzene rings is 11. The Hall–Kier alpha value is -10.0. The number of hydrogen-bond donors (Lipinski definition) is 0. The summed E-state index contributed by atoms with van der Waals surface area (Å²) in [5, 5.41) is 0. The number of hydrogen-bond acceptors (Lipinski definition) is 6. The zero-order valence-corrected chi connectivity index (χ0v) is 46.2. The van der Waals surface area contributed by atoms with Gasteiger partial charge >= 0.3 is 0 Å². The van der Waals surface area contributed by atoms with Gasteiger partial charge in [0.05, 0.1) is 0 Å². The van der Waals surface area contributed by atoms with Crippen molar-refractivity contribution in [1.29, 1.82) is 0 Å². The summed E-state index contributed by atoms with van der Waals surface area (Å²) in [6, 6.07) is 87.4. The molecule has 81 heavy (non-hydrogen) atoms. The molecule has 14 rings (SSSR count). The Morgan fingerprint density at radius 2 is 0.630 bits per heavy atom. The van der Waals surface area contributed by atoms with Crippen LogP contribution in [0.4, 0.5) is 34.1 Å². The average Bonchev–Trinajstić information content (AvgIpc) is 4.28. The topological polar surface area (TPSA) is 58.5 Å². The molecule has 0 saturated heterocycles. The van der Waals surface area contributed by atoms with Crippen molar-refractivity contribution >= 4 is 56.3 Å². The van der Waals surface area contributed by atoms with Crippen LogP contribution in [0.5, 0.6) is 0 Å². The summed E-state index contributed by atoms with van der Waals surface area (Å²) in [7, 11) is 0. The average molecular weight is 1050 g/mol. The van der Waals surface area contributed by atoms with Crippen molar-refractivity contribution in [1.82, 2.24) is 9.97 Å². The minimum atomic E-state index is -0.280. The van der Waals surface area contributed by atoms with Gasteiger partial charge in [0.25, 0.3) is 0 Å². The summed E-state index contributed by atoms with van der Waals surface area (Å²) in [6.07, 6.45) is 0. The maximum Gasteiger partial charge on any atom is 0.227 e. The van der Waals surface area contributed by atoms with E-state index in [0.29, 0.717) is 11.8 Å². The van der Waals surface area contributed by atoms with Crippen LogP contribution in [0.1, 0.15) is 47.2 Å². The zero-order chi connectivity index (χ0) is 54.9. The quantitative estimate of drug-likeness (QED) is 0.129. The minimum Gasteiger partial charge on any atom is -0.436 e. The van der Waals surface area contributed by atoms with Gasteiger partial charge < -0.3 is 18.6 Å². The molecule has 0 N–H and O–H groups in total. The molecule has 6 nitrogen and oxygen atoms in total. The smallest absolute Gasteiger partial charge is 0.227 e. The van der Waals surface area contributed by atoms with Crippen molar-refractivity contribution < 1.29 is 8.83 Å². The number of fused-ring (bicyclic) bond motifs is 5. The van der Waals surface area contributed by atoms with E-state index >= 15 is 0 Å². The molecule has 0 saturated carbocycles. The Morgan fingerprint density at radius 3 is 1.05 bits per heavy atom. The van der Waals surface area contributed by atoms with E-state index in [4.69, 9.17) is 18.8 Å². The standard InChI is InChI=1S/C75H58N4O2/c1-47-41-49(3)71-69(43-47)76-73(80-71)56-23-34-61(35-24-56)78(59-28-17-53(18-29-59)51-13-9-7-10-14-51)60-32-21-55(22-33-60)58-27-39-65-66-40-38-64(46-68(66)75(5,6)67(65)45-58)79(62-30-19-54(20-31-62)52-15-11-8-12-16-52)63-36-25-57(26-37-63)74-77-70-44-48(2)42-50(4)72(70)81-74/h7-46H,1-6H3. The summed E-state index contributed by atoms with van der Waals surface area (Å²) in [6.45, 7) is 13.1. The largest absolute Gasteiger partial charge is 0.436 e. The maximum atomic E-state index is 6.36. The molecule has 0 atom stereocenters. The van der Waals surface area contributed by atoms with Crippen LogP contribution in [0.15, 0.2) is 251 Å². The third kappa shape index (κ3) is 8.95. The first kappa shape index (κ1) is 49.3. The Morgan fingerprint density at radius 1 is 0.309 bits per heavy atom. The first-order chi connectivity index (χ1) is 39.5. The van der Waals surface area contributed by atoms with Crippen LogP contribution in [0.25, 0.3) is 89.6 Å². The fourth-order valence-electron chi connectivity index (χ4n) is 12.1. The maximum absolute atomic E-state index is 6.36. The van der Waals surface area contributed by atoms with E-state index in [9.17, 15) is 0 Å². The van der Waals surface area contributed by atoms with Crippen molar-refractivity contribution in [2.45, 2.75) is 47.0 Å². The minimum absolute atomic E-state index is 0.280. The van der Waals surface area contributed by atoms with Crippen LogP contribution >= 0.6 is 0 Å². The Kier molecular flexibility index (Phi) is 12.0. The normalized spacial score (nSPS) is 12.4. The molecule has 0 aliphatic heterocycles. The van der Waals surface area contributed by atoms with Gasteiger partial charge in [0, 0.05) is 50.7 Å². The first-order valence-corrected chi connectivity index (χ1v) is 27.8. The Labute approximate surface area is 472 Å². The molecular formula is C75H58N4O2. The highest BCUT2D eigenvalue weighted by Gasteiger charge is 2.36. The Bertz CT molecular complexity index is 4480. The third-order valence-corrected chi connectivity index (χ3v) is 16.2. The summed E-state index contributed by atoms with van der Waals surface area (Å²) in [4.78, 5) is 14.5. The highest BCUT2D eigenvalue weighted by atomic mass is 16.4. The van der Waals surface area contributed by atoms with Crippen molar-refractivity contribution in [3.63, 3.8) is 0 Å². The van der Waals surface area contributed by atoms with Crippen molar-refractivity contribution in [2.24, 2.45) is 0 Å². The van der Waals surface area contributed by atoms with Crippen LogP contribution in [0.3, 0.4) is 0 Å². The van der Waals surface area contributed by atoms with Crippen molar-refractivity contribution in [3.8, 4) is 67.4 Å². The van der Waals surface area contributed by atoms with Crippen molar-refractivity contribution in [2.75, 3.05) is 9.80 Å². The van der Waals surface area contributed by atoms with E-state index in [1.807, 2.05) is 0 Å². The molecular weight excluding hydrogens is 989 g/mol. The second-order valence-corrected chi connectivity index (χ2v) is 22.2. The number of aromatic nitrogens is 2. The molecule has 2 aromatic heterocycles. The number of anilines is 6. The number of aryl methyl sites for hydroxylation is 4. The molecule has 0 amide bonds. The molecule has 390 valence electrons. The fourth-order valence-corrected chi connectivity index (χ4v) is 12.1. The van der Waals surface area contributed by atoms with E-state index in [2.05, 4.69) is 294 Å². The fraction of sp³-hybridized carbons (Fsp3) is 0.0933. The van der Waals surface area contributed by atoms with Crippen LogP contribution in [0.2, 0.25) is 0 Å². The summed E-state index contributed by atoms with van der Waals surface area (Å²) >= 11 is 0. The SMILES string of the molecule is Cc1cc(C)c2oc(-c3ccc(N(c4ccc(-c5ccccc5)cc4)c4ccc(-c5ccc6c(c5)C(C)(C)c5cc(N(c7ccc(-c8ccccc8)cc7)c7ccc(-c8nc9cc(C)cc(C)c9o8)cc7)ccc5-6)cc4)cc3)nc2c1. The van der Waals surface area contributed by atoms with Gasteiger partial charge in [-0.05, 0) is 221 Å². The molecule has 0 fully saturated rings. The van der Waals surface area contributed by atoms with Gasteiger partial charge in [-0.3, -0.25) is 0 Å². The van der Waals surface area contributed by atoms with Gasteiger partial charge in [0.1, 0.15) is 11.0 Å². The summed E-state index contributed by atoms with van der Waals surface area (Å²) in [5.74, 6) is 1.24. The van der Waals surface area contributed by atoms with Gasteiger partial charge in [-0.1, -0.05) is 141 Å². The van der Waals surface area contributed by atoms with E-state index in [1.54, 1.807) is 0 Å². The lowest BCUT2D eigenvalue weighted by molar-refractivity contribution is 0.617. The highest BCUT2D eigenvalue weighted by molar-refractivity contribution is 5.89. The molecule has 1 aliphatic carbocycles. The van der Waals surface area contributed by atoms with E-state index in [1.165, 1.54) is 61.2 Å². The molecule has 13 aromatic rings. The van der Waals surface area contributed by atoms with Crippen LogP contribution < -0.4 is 9.80 Å². The molecule has 0 radical (unpaired) electrons. The molecule has 0 bridgehead atoms. The summed E-state index contributed by atoms with van der Waals surface area (Å²) in [5.41, 5.74) is 28.0. The van der Waals surface area contributed by atoms with E-state index < -0.39 is 0 Å². The number of nitrogens with zero attached hydrogens (tertiary/aromatic N) is 4. The Balaban J connectivity index is 0.783. The van der Waals surface area contributed by atoms with Crippen LogP contribution in [-0.2, 0) is 5.41 Å². The summed E-state index contributed by atoms with van der Waals surface area (Å²) < 4.78 is 12.7.